The molecule has 1 heterocycles. The van der Waals surface area contributed by atoms with Crippen molar-refractivity contribution in [3.8, 4) is 11.1 Å². The van der Waals surface area contributed by atoms with Gasteiger partial charge in [0.15, 0.2) is 0 Å². The summed E-state index contributed by atoms with van der Waals surface area (Å²) in [7, 11) is -2.95. The van der Waals surface area contributed by atoms with Crippen molar-refractivity contribution in [3.63, 3.8) is 0 Å². The highest BCUT2D eigenvalue weighted by Gasteiger charge is 2.06. The molecule has 0 fully saturated rings. The van der Waals surface area contributed by atoms with Gasteiger partial charge in [0.25, 0.3) is 0 Å². The van der Waals surface area contributed by atoms with E-state index in [0.29, 0.717) is 6.54 Å². The van der Waals surface area contributed by atoms with Crippen LogP contribution < -0.4 is 0 Å². The van der Waals surface area contributed by atoms with Crippen LogP contribution in [-0.4, -0.2) is 30.2 Å². The summed E-state index contributed by atoms with van der Waals surface area (Å²) in [6, 6.07) is 8.06. The number of rotatable bonds is 4. The van der Waals surface area contributed by atoms with Gasteiger partial charge in [-0.1, -0.05) is 24.3 Å². The fourth-order valence-corrected chi connectivity index (χ4v) is 2.30. The van der Waals surface area contributed by atoms with Crippen molar-refractivity contribution in [2.45, 2.75) is 13.5 Å². The van der Waals surface area contributed by atoms with Crippen molar-refractivity contribution in [2.24, 2.45) is 0 Å². The molecule has 0 radical (unpaired) electrons. The van der Waals surface area contributed by atoms with Crippen LogP contribution in [0.3, 0.4) is 0 Å². The van der Waals surface area contributed by atoms with Gasteiger partial charge in [-0.15, -0.1) is 0 Å². The van der Waals surface area contributed by atoms with E-state index in [9.17, 15) is 8.42 Å². The molecule has 2 aromatic rings. The monoisotopic (exact) mass is 264 g/mol. The lowest BCUT2D eigenvalue weighted by molar-refractivity contribution is 0.586. The Kier molecular flexibility index (Phi) is 3.52. The normalized spacial score (nSPS) is 11.7. The number of nitrogens with zero attached hydrogens (tertiary/aromatic N) is 2. The molecule has 0 aliphatic rings. The summed E-state index contributed by atoms with van der Waals surface area (Å²) in [5.74, 6) is 0.113. The van der Waals surface area contributed by atoms with Crippen LogP contribution in [0.4, 0.5) is 0 Å². The van der Waals surface area contributed by atoms with Gasteiger partial charge < -0.3 is 0 Å². The first-order chi connectivity index (χ1) is 8.46. The molecule has 0 atom stereocenters. The molecule has 2 rings (SSSR count). The number of aromatic nitrogens is 2. The number of hydrogen-bond donors (Lipinski definition) is 0. The summed E-state index contributed by atoms with van der Waals surface area (Å²) in [4.78, 5) is 0. The van der Waals surface area contributed by atoms with E-state index in [4.69, 9.17) is 0 Å². The van der Waals surface area contributed by atoms with Crippen molar-refractivity contribution in [1.29, 1.82) is 0 Å². The zero-order valence-corrected chi connectivity index (χ0v) is 11.3. The lowest BCUT2D eigenvalue weighted by atomic mass is 10.0. The molecule has 0 amide bonds. The summed E-state index contributed by atoms with van der Waals surface area (Å²) in [6.07, 6.45) is 4.89. The average molecular weight is 264 g/mol. The summed E-state index contributed by atoms with van der Waals surface area (Å²) in [5.41, 5.74) is 3.32. The molecule has 0 unspecified atom stereocenters. The number of benzene rings is 1. The van der Waals surface area contributed by atoms with Crippen molar-refractivity contribution in [2.75, 3.05) is 12.0 Å². The maximum absolute atomic E-state index is 11.1. The highest BCUT2D eigenvalue weighted by atomic mass is 32.2. The molecule has 0 N–H and O–H groups in total. The second-order valence-electron chi connectivity index (χ2n) is 4.44. The van der Waals surface area contributed by atoms with Crippen LogP contribution >= 0.6 is 0 Å². The standard InChI is InChI=1S/C13H16N2O2S/c1-11-5-3-4-6-13(11)12-9-14-15(10-12)7-8-18(2,16)17/h3-6,9-10H,7-8H2,1-2H3. The molecule has 5 heteroatoms. The third kappa shape index (κ3) is 3.20. The second kappa shape index (κ2) is 4.94. The first-order valence-corrected chi connectivity index (χ1v) is 7.78. The van der Waals surface area contributed by atoms with Gasteiger partial charge in [-0.2, -0.15) is 5.10 Å². The van der Waals surface area contributed by atoms with Crippen molar-refractivity contribution in [1.82, 2.24) is 9.78 Å². The molecule has 1 aromatic carbocycles. The van der Waals surface area contributed by atoms with Crippen molar-refractivity contribution < 1.29 is 8.42 Å². The van der Waals surface area contributed by atoms with Crippen LogP contribution in [0.1, 0.15) is 5.56 Å². The van der Waals surface area contributed by atoms with Gasteiger partial charge in [0, 0.05) is 18.0 Å². The molecule has 0 aliphatic carbocycles. The minimum absolute atomic E-state index is 0.113. The van der Waals surface area contributed by atoms with Gasteiger partial charge in [0.2, 0.25) is 0 Å². The molecule has 0 aliphatic heterocycles. The molecular formula is C13H16N2O2S. The first-order valence-electron chi connectivity index (χ1n) is 5.72. The lowest BCUT2D eigenvalue weighted by Crippen LogP contribution is -2.11. The van der Waals surface area contributed by atoms with Gasteiger partial charge in [0.1, 0.15) is 9.84 Å². The molecule has 0 bridgehead atoms. The molecule has 0 saturated heterocycles. The predicted octanol–water partition coefficient (Wildman–Crippen LogP) is 1.90. The number of aryl methyl sites for hydroxylation is 2. The largest absolute Gasteiger partial charge is 0.271 e. The second-order valence-corrected chi connectivity index (χ2v) is 6.70. The fraction of sp³-hybridized carbons (Fsp3) is 0.308. The van der Waals surface area contributed by atoms with Crippen LogP contribution in [-0.2, 0) is 16.4 Å². The van der Waals surface area contributed by atoms with Crippen LogP contribution in [0.5, 0.6) is 0 Å². The van der Waals surface area contributed by atoms with E-state index in [1.54, 1.807) is 10.9 Å². The van der Waals surface area contributed by atoms with E-state index in [1.165, 1.54) is 11.8 Å². The van der Waals surface area contributed by atoms with Gasteiger partial charge in [0.05, 0.1) is 18.5 Å². The average Bonchev–Trinajstić information content (AvgIpc) is 2.75. The lowest BCUT2D eigenvalue weighted by Gasteiger charge is -2.02. The van der Waals surface area contributed by atoms with Crippen molar-refractivity contribution in [3.05, 3.63) is 42.2 Å². The highest BCUT2D eigenvalue weighted by molar-refractivity contribution is 7.90. The number of hydrogen-bond acceptors (Lipinski definition) is 3. The summed E-state index contributed by atoms with van der Waals surface area (Å²) in [5, 5.41) is 4.19. The van der Waals surface area contributed by atoms with Crippen LogP contribution in [0.2, 0.25) is 0 Å². The third-order valence-corrected chi connectivity index (χ3v) is 3.70. The van der Waals surface area contributed by atoms with Crippen LogP contribution in [0.15, 0.2) is 36.7 Å². The molecule has 4 nitrogen and oxygen atoms in total. The Hall–Kier alpha value is -1.62. The van der Waals surface area contributed by atoms with Gasteiger partial charge in [-0.25, -0.2) is 8.42 Å². The topological polar surface area (TPSA) is 52.0 Å². The Morgan fingerprint density at radius 2 is 2.00 bits per heavy atom. The minimum Gasteiger partial charge on any atom is -0.271 e. The third-order valence-electron chi connectivity index (χ3n) is 2.78. The Labute approximate surface area is 107 Å². The fourth-order valence-electron chi connectivity index (χ4n) is 1.78. The highest BCUT2D eigenvalue weighted by Crippen LogP contribution is 2.22. The van der Waals surface area contributed by atoms with Crippen LogP contribution in [0.25, 0.3) is 11.1 Å². The maximum atomic E-state index is 11.1. The summed E-state index contributed by atoms with van der Waals surface area (Å²) < 4.78 is 23.9. The van der Waals surface area contributed by atoms with E-state index in [1.807, 2.05) is 37.4 Å². The van der Waals surface area contributed by atoms with Crippen LogP contribution in [0, 0.1) is 6.92 Å². The summed E-state index contributed by atoms with van der Waals surface area (Å²) in [6.45, 7) is 2.44. The Bertz CT molecular complexity index is 645. The molecule has 18 heavy (non-hydrogen) atoms. The van der Waals surface area contributed by atoms with E-state index in [2.05, 4.69) is 5.10 Å². The Morgan fingerprint density at radius 1 is 1.28 bits per heavy atom. The summed E-state index contributed by atoms with van der Waals surface area (Å²) >= 11 is 0. The van der Waals surface area contributed by atoms with E-state index < -0.39 is 9.84 Å². The minimum atomic E-state index is -2.95. The predicted molar refractivity (Wildman–Crippen MR) is 72.1 cm³/mol. The van der Waals surface area contributed by atoms with Gasteiger partial charge in [-0.05, 0) is 18.1 Å². The van der Waals surface area contributed by atoms with Gasteiger partial charge >= 0.3 is 0 Å². The van der Waals surface area contributed by atoms with Gasteiger partial charge in [-0.3, -0.25) is 4.68 Å². The first kappa shape index (κ1) is 12.8. The maximum Gasteiger partial charge on any atom is 0.149 e. The van der Waals surface area contributed by atoms with E-state index in [-0.39, 0.29) is 5.75 Å². The molecule has 96 valence electrons. The Balaban J connectivity index is 2.19. The SMILES string of the molecule is Cc1ccccc1-c1cnn(CCS(C)(=O)=O)c1. The zero-order valence-electron chi connectivity index (χ0n) is 10.5. The number of sulfone groups is 1. The molecule has 1 aromatic heterocycles. The van der Waals surface area contributed by atoms with E-state index in [0.717, 1.165) is 11.1 Å². The Morgan fingerprint density at radius 3 is 2.67 bits per heavy atom. The molecular weight excluding hydrogens is 248 g/mol. The quantitative estimate of drug-likeness (QED) is 0.847. The smallest absolute Gasteiger partial charge is 0.149 e. The molecule has 0 saturated carbocycles. The zero-order chi connectivity index (χ0) is 13.2. The van der Waals surface area contributed by atoms with E-state index >= 15 is 0 Å². The molecule has 0 spiro atoms. The van der Waals surface area contributed by atoms with Crippen molar-refractivity contribution >= 4 is 9.84 Å².